The molecule has 0 spiro atoms. The molecule has 1 nitrogen and oxygen atoms in total. The highest BCUT2D eigenvalue weighted by Gasteiger charge is 2.44. The maximum atomic E-state index is 9.22. The van der Waals surface area contributed by atoms with E-state index in [9.17, 15) is 5.11 Å². The van der Waals surface area contributed by atoms with E-state index in [0.29, 0.717) is 0 Å². The van der Waals surface area contributed by atoms with E-state index >= 15 is 0 Å². The summed E-state index contributed by atoms with van der Waals surface area (Å²) in [7, 11) is 0. The molecule has 1 heteroatoms. The van der Waals surface area contributed by atoms with Gasteiger partial charge in [0.25, 0.3) is 0 Å². The molecule has 0 aromatic rings. The highest BCUT2D eigenvalue weighted by Crippen LogP contribution is 2.49. The van der Waals surface area contributed by atoms with E-state index in [1.54, 1.807) is 0 Å². The maximum absolute atomic E-state index is 9.22. The van der Waals surface area contributed by atoms with E-state index in [1.807, 2.05) is 0 Å². The summed E-state index contributed by atoms with van der Waals surface area (Å²) in [5.41, 5.74) is 0. The lowest BCUT2D eigenvalue weighted by atomic mass is 9.98. The molecular formula is C7H12O. The van der Waals surface area contributed by atoms with Crippen LogP contribution in [0.2, 0.25) is 0 Å². The van der Waals surface area contributed by atoms with Crippen LogP contribution in [0.25, 0.3) is 0 Å². The van der Waals surface area contributed by atoms with Gasteiger partial charge in [0.05, 0.1) is 6.10 Å². The molecule has 2 fully saturated rings. The normalized spacial score (nSPS) is 52.9. The molecule has 1 N–H and O–H groups in total. The highest BCUT2D eigenvalue weighted by atomic mass is 16.3. The number of hydrogen-bond donors (Lipinski definition) is 1. The van der Waals surface area contributed by atoms with Gasteiger partial charge in [0.15, 0.2) is 0 Å². The van der Waals surface area contributed by atoms with Crippen molar-refractivity contribution in [2.24, 2.45) is 11.8 Å². The Bertz CT molecular complexity index is 101. The van der Waals surface area contributed by atoms with Gasteiger partial charge in [-0.25, -0.2) is 0 Å². The summed E-state index contributed by atoms with van der Waals surface area (Å²) in [5, 5.41) is 9.22. The molecule has 0 radical (unpaired) electrons. The Balaban J connectivity index is 1.99. The van der Waals surface area contributed by atoms with Crippen molar-refractivity contribution in [1.29, 1.82) is 0 Å². The molecular weight excluding hydrogens is 100 g/mol. The second-order valence-corrected chi connectivity index (χ2v) is 3.16. The Labute approximate surface area is 49.7 Å². The Morgan fingerprint density at radius 3 is 2.75 bits per heavy atom. The quantitative estimate of drug-likeness (QED) is 0.498. The van der Waals surface area contributed by atoms with Crippen LogP contribution in [-0.4, -0.2) is 11.2 Å². The van der Waals surface area contributed by atoms with Gasteiger partial charge in [0, 0.05) is 0 Å². The van der Waals surface area contributed by atoms with Gasteiger partial charge in [-0.2, -0.15) is 0 Å². The summed E-state index contributed by atoms with van der Waals surface area (Å²) in [4.78, 5) is 0. The predicted molar refractivity (Wildman–Crippen MR) is 31.5 cm³/mol. The Morgan fingerprint density at radius 1 is 1.25 bits per heavy atom. The standard InChI is InChI=1S/C7H12O/c8-7-3-1-2-5-4-6(5)7/h5-8H,1-4H2/t5-,6+,7+/m0/s1. The summed E-state index contributed by atoms with van der Waals surface area (Å²) >= 11 is 0. The third-order valence-corrected chi connectivity index (χ3v) is 2.55. The zero-order valence-corrected chi connectivity index (χ0v) is 5.01. The van der Waals surface area contributed by atoms with Gasteiger partial charge in [0.2, 0.25) is 0 Å². The average molecular weight is 112 g/mol. The Morgan fingerprint density at radius 2 is 2.12 bits per heavy atom. The fourth-order valence-corrected chi connectivity index (χ4v) is 1.88. The fraction of sp³-hybridized carbons (Fsp3) is 1.00. The molecule has 2 aliphatic carbocycles. The van der Waals surface area contributed by atoms with Crippen LogP contribution in [0, 0.1) is 11.8 Å². The second kappa shape index (κ2) is 1.47. The lowest BCUT2D eigenvalue weighted by molar-refractivity contribution is 0.116. The third-order valence-electron chi connectivity index (χ3n) is 2.55. The molecule has 2 rings (SSSR count). The molecule has 0 amide bonds. The minimum atomic E-state index is 0.0775. The summed E-state index contributed by atoms with van der Waals surface area (Å²) in [5.74, 6) is 1.66. The van der Waals surface area contributed by atoms with Crippen LogP contribution in [0.4, 0.5) is 0 Å². The zero-order chi connectivity index (χ0) is 5.56. The summed E-state index contributed by atoms with van der Waals surface area (Å²) in [6, 6.07) is 0. The number of hydrogen-bond acceptors (Lipinski definition) is 1. The highest BCUT2D eigenvalue weighted by molar-refractivity contribution is 4.94. The molecule has 3 atom stereocenters. The van der Waals surface area contributed by atoms with Gasteiger partial charge in [0.1, 0.15) is 0 Å². The molecule has 0 aliphatic heterocycles. The van der Waals surface area contributed by atoms with Crippen molar-refractivity contribution in [2.45, 2.75) is 31.8 Å². The molecule has 0 unspecified atom stereocenters. The molecule has 8 heavy (non-hydrogen) atoms. The Kier molecular flexibility index (Phi) is 0.884. The van der Waals surface area contributed by atoms with Gasteiger partial charge in [-0.1, -0.05) is 6.42 Å². The minimum Gasteiger partial charge on any atom is -0.393 e. The molecule has 2 aliphatic rings. The van der Waals surface area contributed by atoms with Crippen molar-refractivity contribution in [3.05, 3.63) is 0 Å². The van der Waals surface area contributed by atoms with E-state index in [0.717, 1.165) is 18.3 Å². The van der Waals surface area contributed by atoms with Crippen LogP contribution in [-0.2, 0) is 0 Å². The minimum absolute atomic E-state index is 0.0775. The average Bonchev–Trinajstić information content (AvgIpc) is 2.45. The molecule has 2 saturated carbocycles. The maximum Gasteiger partial charge on any atom is 0.0571 e. The first-order valence-corrected chi connectivity index (χ1v) is 3.56. The first-order valence-electron chi connectivity index (χ1n) is 3.56. The topological polar surface area (TPSA) is 20.2 Å². The van der Waals surface area contributed by atoms with E-state index < -0.39 is 0 Å². The molecule has 0 bridgehead atoms. The zero-order valence-electron chi connectivity index (χ0n) is 5.01. The number of rotatable bonds is 0. The monoisotopic (exact) mass is 112 g/mol. The first-order chi connectivity index (χ1) is 3.88. The molecule has 46 valence electrons. The first kappa shape index (κ1) is 4.80. The van der Waals surface area contributed by atoms with Crippen molar-refractivity contribution >= 4 is 0 Å². The van der Waals surface area contributed by atoms with E-state index in [-0.39, 0.29) is 6.10 Å². The third kappa shape index (κ3) is 0.576. The van der Waals surface area contributed by atoms with Gasteiger partial charge in [-0.15, -0.1) is 0 Å². The van der Waals surface area contributed by atoms with E-state index in [4.69, 9.17) is 0 Å². The van der Waals surface area contributed by atoms with Crippen LogP contribution in [0.1, 0.15) is 25.7 Å². The SMILES string of the molecule is O[C@@H]1CCC[C@H]2C[C@H]21. The summed E-state index contributed by atoms with van der Waals surface area (Å²) < 4.78 is 0. The van der Waals surface area contributed by atoms with Crippen LogP contribution in [0.3, 0.4) is 0 Å². The van der Waals surface area contributed by atoms with Crippen molar-refractivity contribution in [3.8, 4) is 0 Å². The van der Waals surface area contributed by atoms with Crippen molar-refractivity contribution in [2.75, 3.05) is 0 Å². The van der Waals surface area contributed by atoms with Crippen molar-refractivity contribution in [1.82, 2.24) is 0 Å². The van der Waals surface area contributed by atoms with Crippen molar-refractivity contribution < 1.29 is 5.11 Å². The number of aliphatic hydroxyl groups excluding tert-OH is 1. The molecule has 0 aromatic carbocycles. The van der Waals surface area contributed by atoms with Crippen molar-refractivity contribution in [3.63, 3.8) is 0 Å². The fourth-order valence-electron chi connectivity index (χ4n) is 1.88. The summed E-state index contributed by atoms with van der Waals surface area (Å²) in [6.45, 7) is 0. The smallest absolute Gasteiger partial charge is 0.0571 e. The molecule has 0 heterocycles. The van der Waals surface area contributed by atoms with E-state index in [1.165, 1.54) is 19.3 Å². The Hall–Kier alpha value is -0.0400. The van der Waals surface area contributed by atoms with Crippen LogP contribution in [0.15, 0.2) is 0 Å². The predicted octanol–water partition coefficient (Wildman–Crippen LogP) is 1.17. The van der Waals surface area contributed by atoms with Gasteiger partial charge in [-0.05, 0) is 31.1 Å². The molecule has 0 saturated heterocycles. The number of fused-ring (bicyclic) bond motifs is 1. The number of aliphatic hydroxyl groups is 1. The van der Waals surface area contributed by atoms with E-state index in [2.05, 4.69) is 0 Å². The van der Waals surface area contributed by atoms with Crippen LogP contribution >= 0.6 is 0 Å². The van der Waals surface area contributed by atoms with Gasteiger partial charge < -0.3 is 5.11 Å². The second-order valence-electron chi connectivity index (χ2n) is 3.16. The summed E-state index contributed by atoms with van der Waals surface area (Å²) in [6.07, 6.45) is 5.13. The molecule has 0 aromatic heterocycles. The largest absolute Gasteiger partial charge is 0.393 e. The van der Waals surface area contributed by atoms with Gasteiger partial charge >= 0.3 is 0 Å². The van der Waals surface area contributed by atoms with Gasteiger partial charge in [-0.3, -0.25) is 0 Å². The lowest BCUT2D eigenvalue weighted by Gasteiger charge is -2.14. The van der Waals surface area contributed by atoms with Crippen LogP contribution in [0.5, 0.6) is 0 Å². The lowest BCUT2D eigenvalue weighted by Crippen LogP contribution is -2.14. The van der Waals surface area contributed by atoms with Crippen LogP contribution < -0.4 is 0 Å².